The van der Waals surface area contributed by atoms with E-state index in [1.54, 1.807) is 4.31 Å². The second-order valence-corrected chi connectivity index (χ2v) is 6.38. The number of rotatable bonds is 5. The maximum Gasteiger partial charge on any atom is 0.214 e. The third-order valence-electron chi connectivity index (χ3n) is 2.74. The maximum absolute atomic E-state index is 12.1. The van der Waals surface area contributed by atoms with Crippen LogP contribution >= 0.6 is 0 Å². The summed E-state index contributed by atoms with van der Waals surface area (Å²) < 4.78 is 31.1. The third kappa shape index (κ3) is 3.69. The van der Waals surface area contributed by atoms with Crippen molar-refractivity contribution in [3.8, 4) is 0 Å². The van der Waals surface area contributed by atoms with E-state index >= 15 is 0 Å². The maximum atomic E-state index is 12.1. The molecule has 0 amide bonds. The standard InChI is InChI=1S/C10H22N2O3S/c1-9-8-15-10(2)7-12(9)16(13,14)6-4-5-11-3/h9-11H,4-8H2,1-3H3. The van der Waals surface area contributed by atoms with Gasteiger partial charge in [0.2, 0.25) is 10.0 Å². The molecule has 1 heterocycles. The molecule has 2 atom stereocenters. The van der Waals surface area contributed by atoms with E-state index in [0.717, 1.165) is 6.54 Å². The van der Waals surface area contributed by atoms with Crippen LogP contribution in [-0.2, 0) is 14.8 Å². The largest absolute Gasteiger partial charge is 0.375 e. The van der Waals surface area contributed by atoms with Gasteiger partial charge < -0.3 is 10.1 Å². The first-order valence-corrected chi connectivity index (χ1v) is 7.34. The van der Waals surface area contributed by atoms with Crippen molar-refractivity contribution in [3.05, 3.63) is 0 Å². The minimum Gasteiger partial charge on any atom is -0.375 e. The van der Waals surface area contributed by atoms with Gasteiger partial charge in [-0.1, -0.05) is 0 Å². The quantitative estimate of drug-likeness (QED) is 0.700. The predicted octanol–water partition coefficient (Wildman–Crippen LogP) is 0.0349. The summed E-state index contributed by atoms with van der Waals surface area (Å²) in [4.78, 5) is 0. The molecular formula is C10H22N2O3S. The van der Waals surface area contributed by atoms with E-state index in [1.807, 2.05) is 20.9 Å². The number of hydrogen-bond acceptors (Lipinski definition) is 4. The lowest BCUT2D eigenvalue weighted by Crippen LogP contribution is -2.50. The Balaban J connectivity index is 2.58. The molecule has 96 valence electrons. The number of nitrogens with one attached hydrogen (secondary N) is 1. The zero-order valence-corrected chi connectivity index (χ0v) is 11.1. The first-order chi connectivity index (χ1) is 7.47. The van der Waals surface area contributed by atoms with E-state index < -0.39 is 10.0 Å². The highest BCUT2D eigenvalue weighted by Crippen LogP contribution is 2.16. The summed E-state index contributed by atoms with van der Waals surface area (Å²) in [6, 6.07) is -0.0456. The molecule has 0 saturated carbocycles. The van der Waals surface area contributed by atoms with Gasteiger partial charge in [-0.15, -0.1) is 0 Å². The van der Waals surface area contributed by atoms with E-state index in [2.05, 4.69) is 5.32 Å². The topological polar surface area (TPSA) is 58.6 Å². The molecule has 0 radical (unpaired) electrons. The van der Waals surface area contributed by atoms with E-state index in [4.69, 9.17) is 4.74 Å². The lowest BCUT2D eigenvalue weighted by Gasteiger charge is -2.35. The van der Waals surface area contributed by atoms with Gasteiger partial charge in [-0.05, 0) is 33.9 Å². The highest BCUT2D eigenvalue weighted by atomic mass is 32.2. The van der Waals surface area contributed by atoms with Crippen molar-refractivity contribution < 1.29 is 13.2 Å². The number of morpholine rings is 1. The van der Waals surface area contributed by atoms with E-state index in [9.17, 15) is 8.42 Å². The van der Waals surface area contributed by atoms with Crippen LogP contribution in [0.4, 0.5) is 0 Å². The molecule has 1 saturated heterocycles. The van der Waals surface area contributed by atoms with E-state index in [1.165, 1.54) is 0 Å². The average molecular weight is 250 g/mol. The van der Waals surface area contributed by atoms with Gasteiger partial charge in [0.05, 0.1) is 18.5 Å². The lowest BCUT2D eigenvalue weighted by atomic mass is 10.2. The van der Waals surface area contributed by atoms with Crippen molar-refractivity contribution in [1.82, 2.24) is 9.62 Å². The zero-order chi connectivity index (χ0) is 12.2. The molecule has 1 aliphatic rings. The van der Waals surface area contributed by atoms with Crippen molar-refractivity contribution in [2.24, 2.45) is 0 Å². The Hall–Kier alpha value is -0.170. The Bertz CT molecular complexity index is 305. The minimum atomic E-state index is -3.12. The Morgan fingerprint density at radius 1 is 1.44 bits per heavy atom. The van der Waals surface area contributed by atoms with E-state index in [0.29, 0.717) is 19.6 Å². The molecule has 0 bridgehead atoms. The number of nitrogens with zero attached hydrogens (tertiary/aromatic N) is 1. The molecule has 2 unspecified atom stereocenters. The van der Waals surface area contributed by atoms with Crippen LogP contribution in [0.15, 0.2) is 0 Å². The normalized spacial score (nSPS) is 28.2. The van der Waals surface area contributed by atoms with Crippen molar-refractivity contribution >= 4 is 10.0 Å². The van der Waals surface area contributed by atoms with Crippen LogP contribution in [0.3, 0.4) is 0 Å². The molecule has 5 nitrogen and oxygen atoms in total. The number of ether oxygens (including phenoxy) is 1. The van der Waals surface area contributed by atoms with Crippen LogP contribution in [0.1, 0.15) is 20.3 Å². The first-order valence-electron chi connectivity index (χ1n) is 5.73. The fourth-order valence-corrected chi connectivity index (χ4v) is 3.60. The summed E-state index contributed by atoms with van der Waals surface area (Å²) in [7, 11) is -1.30. The second kappa shape index (κ2) is 5.95. The van der Waals surface area contributed by atoms with Gasteiger partial charge >= 0.3 is 0 Å². The van der Waals surface area contributed by atoms with Crippen LogP contribution in [-0.4, -0.2) is 57.4 Å². The molecule has 1 aliphatic heterocycles. The highest BCUT2D eigenvalue weighted by molar-refractivity contribution is 7.89. The van der Waals surface area contributed by atoms with Crippen molar-refractivity contribution in [1.29, 1.82) is 0 Å². The summed E-state index contributed by atoms with van der Waals surface area (Å²) in [6.07, 6.45) is 0.646. The summed E-state index contributed by atoms with van der Waals surface area (Å²) in [6.45, 7) is 5.49. The first kappa shape index (κ1) is 13.9. The number of hydrogen-bond donors (Lipinski definition) is 1. The Morgan fingerprint density at radius 2 is 2.12 bits per heavy atom. The predicted molar refractivity (Wildman–Crippen MR) is 63.9 cm³/mol. The smallest absolute Gasteiger partial charge is 0.214 e. The summed E-state index contributed by atoms with van der Waals surface area (Å²) >= 11 is 0. The monoisotopic (exact) mass is 250 g/mol. The van der Waals surface area contributed by atoms with Crippen molar-refractivity contribution in [3.63, 3.8) is 0 Å². The van der Waals surface area contributed by atoms with Crippen molar-refractivity contribution in [2.45, 2.75) is 32.4 Å². The Kier molecular flexibility index (Phi) is 5.17. The molecule has 1 fully saturated rings. The van der Waals surface area contributed by atoms with Gasteiger partial charge in [0.25, 0.3) is 0 Å². The molecule has 16 heavy (non-hydrogen) atoms. The fourth-order valence-electron chi connectivity index (χ4n) is 1.81. The molecular weight excluding hydrogens is 228 g/mol. The molecule has 0 spiro atoms. The molecule has 0 aromatic rings. The summed E-state index contributed by atoms with van der Waals surface area (Å²) in [5.74, 6) is 0.213. The minimum absolute atomic E-state index is 0.00437. The SMILES string of the molecule is CNCCCS(=O)(=O)N1CC(C)OCC1C. The Labute approximate surface area is 98.2 Å². The van der Waals surface area contributed by atoms with Gasteiger partial charge in [-0.25, -0.2) is 8.42 Å². The molecule has 1 rings (SSSR count). The summed E-state index contributed by atoms with van der Waals surface area (Å²) in [5, 5.41) is 2.96. The summed E-state index contributed by atoms with van der Waals surface area (Å²) in [5.41, 5.74) is 0. The molecule has 6 heteroatoms. The lowest BCUT2D eigenvalue weighted by molar-refractivity contribution is -0.0170. The van der Waals surface area contributed by atoms with E-state index in [-0.39, 0.29) is 17.9 Å². The molecule has 0 aromatic carbocycles. The van der Waals surface area contributed by atoms with Crippen LogP contribution in [0.2, 0.25) is 0 Å². The molecule has 0 aromatic heterocycles. The van der Waals surface area contributed by atoms with Gasteiger partial charge in [-0.2, -0.15) is 4.31 Å². The second-order valence-electron chi connectivity index (χ2n) is 4.34. The molecule has 1 N–H and O–H groups in total. The zero-order valence-electron chi connectivity index (χ0n) is 10.3. The van der Waals surface area contributed by atoms with Gasteiger partial charge in [0.15, 0.2) is 0 Å². The third-order valence-corrected chi connectivity index (χ3v) is 4.77. The van der Waals surface area contributed by atoms with Crippen LogP contribution in [0, 0.1) is 0 Å². The van der Waals surface area contributed by atoms with Gasteiger partial charge in [-0.3, -0.25) is 0 Å². The molecule has 0 aliphatic carbocycles. The number of sulfonamides is 1. The highest BCUT2D eigenvalue weighted by Gasteiger charge is 2.32. The van der Waals surface area contributed by atoms with Crippen LogP contribution < -0.4 is 5.32 Å². The van der Waals surface area contributed by atoms with Gasteiger partial charge in [0, 0.05) is 12.6 Å². The fraction of sp³-hybridized carbons (Fsp3) is 1.00. The van der Waals surface area contributed by atoms with Crippen LogP contribution in [0.5, 0.6) is 0 Å². The Morgan fingerprint density at radius 3 is 2.75 bits per heavy atom. The van der Waals surface area contributed by atoms with Crippen molar-refractivity contribution in [2.75, 3.05) is 32.5 Å². The van der Waals surface area contributed by atoms with Gasteiger partial charge in [0.1, 0.15) is 0 Å². The average Bonchev–Trinajstić information content (AvgIpc) is 2.22. The van der Waals surface area contributed by atoms with Crippen LogP contribution in [0.25, 0.3) is 0 Å².